The summed E-state index contributed by atoms with van der Waals surface area (Å²) in [6.45, 7) is 24.0. The highest BCUT2D eigenvalue weighted by Crippen LogP contribution is 2.47. The fourth-order valence-electron chi connectivity index (χ4n) is 4.16. The number of hydrogen-bond acceptors (Lipinski definition) is 3. The first-order valence-corrected chi connectivity index (χ1v) is 10.7. The number of rotatable bonds is 9. The standard InChI is InChI=1S/C22H39NO2S/c1-15(2)20(5,6)14-22(9,10)26-18-11-19(25)23(17(18)4)21(7,8)12-16(3)13-24/h13,15-16,18H,4,11-12,14H2,1-3,5-10H3. The van der Waals surface area contributed by atoms with Gasteiger partial charge in [0.2, 0.25) is 5.91 Å². The van der Waals surface area contributed by atoms with Crippen LogP contribution in [0, 0.1) is 17.3 Å². The smallest absolute Gasteiger partial charge is 0.228 e. The zero-order valence-electron chi connectivity index (χ0n) is 18.3. The second kappa shape index (κ2) is 8.08. The van der Waals surface area contributed by atoms with Gasteiger partial charge in [-0.05, 0) is 38.0 Å². The van der Waals surface area contributed by atoms with Crippen molar-refractivity contribution in [2.45, 2.75) is 97.1 Å². The average molecular weight is 382 g/mol. The van der Waals surface area contributed by atoms with Crippen LogP contribution in [-0.4, -0.2) is 32.6 Å². The highest BCUT2D eigenvalue weighted by Gasteiger charge is 2.45. The van der Waals surface area contributed by atoms with Crippen LogP contribution in [0.15, 0.2) is 12.3 Å². The second-order valence-electron chi connectivity index (χ2n) is 10.2. The molecule has 0 radical (unpaired) electrons. The van der Waals surface area contributed by atoms with Crippen LogP contribution in [0.4, 0.5) is 0 Å². The van der Waals surface area contributed by atoms with Gasteiger partial charge in [-0.2, -0.15) is 0 Å². The van der Waals surface area contributed by atoms with E-state index in [-0.39, 0.29) is 32.8 Å². The van der Waals surface area contributed by atoms with Gasteiger partial charge in [-0.1, -0.05) is 55.0 Å². The van der Waals surface area contributed by atoms with Gasteiger partial charge in [-0.15, -0.1) is 11.8 Å². The number of carbonyl (C=O) groups is 2. The van der Waals surface area contributed by atoms with Crippen molar-refractivity contribution in [3.63, 3.8) is 0 Å². The van der Waals surface area contributed by atoms with Crippen molar-refractivity contribution in [3.05, 3.63) is 12.3 Å². The maximum atomic E-state index is 12.8. The van der Waals surface area contributed by atoms with E-state index < -0.39 is 0 Å². The minimum Gasteiger partial charge on any atom is -0.310 e. The van der Waals surface area contributed by atoms with Crippen LogP contribution < -0.4 is 0 Å². The Morgan fingerprint density at radius 1 is 1.19 bits per heavy atom. The summed E-state index contributed by atoms with van der Waals surface area (Å²) in [5, 5.41) is 0.117. The molecule has 26 heavy (non-hydrogen) atoms. The molecule has 0 N–H and O–H groups in total. The number of likely N-dealkylation sites (tertiary alicyclic amines) is 1. The maximum Gasteiger partial charge on any atom is 0.228 e. The van der Waals surface area contributed by atoms with Crippen LogP contribution in [0.2, 0.25) is 0 Å². The summed E-state index contributed by atoms with van der Waals surface area (Å²) in [7, 11) is 0. The maximum absolute atomic E-state index is 12.8. The summed E-state index contributed by atoms with van der Waals surface area (Å²) in [5.74, 6) is 0.672. The monoisotopic (exact) mass is 381 g/mol. The summed E-state index contributed by atoms with van der Waals surface area (Å²) in [4.78, 5) is 25.7. The highest BCUT2D eigenvalue weighted by molar-refractivity contribution is 8.01. The average Bonchev–Trinajstić information content (AvgIpc) is 2.70. The Hall–Kier alpha value is -0.770. The molecule has 3 nitrogen and oxygen atoms in total. The molecule has 0 bridgehead atoms. The third-order valence-electron chi connectivity index (χ3n) is 5.83. The van der Waals surface area contributed by atoms with Gasteiger partial charge in [-0.3, -0.25) is 4.79 Å². The molecule has 0 aromatic rings. The third-order valence-corrected chi connectivity index (χ3v) is 7.34. The summed E-state index contributed by atoms with van der Waals surface area (Å²) >= 11 is 1.88. The second-order valence-corrected chi connectivity index (χ2v) is 12.2. The Bertz CT molecular complexity index is 548. The first kappa shape index (κ1) is 23.3. The number of nitrogens with zero attached hydrogens (tertiary/aromatic N) is 1. The van der Waals surface area contributed by atoms with E-state index in [2.05, 4.69) is 48.1 Å². The van der Waals surface area contributed by atoms with E-state index in [1.165, 1.54) is 0 Å². The molecule has 1 amide bonds. The van der Waals surface area contributed by atoms with Crippen molar-refractivity contribution >= 4 is 24.0 Å². The lowest BCUT2D eigenvalue weighted by molar-refractivity contribution is -0.131. The molecular formula is C22H39NO2S. The topological polar surface area (TPSA) is 37.4 Å². The van der Waals surface area contributed by atoms with Gasteiger partial charge >= 0.3 is 0 Å². The minimum absolute atomic E-state index is 0.0674. The molecule has 1 aliphatic heterocycles. The first-order valence-electron chi connectivity index (χ1n) is 9.78. The van der Waals surface area contributed by atoms with Crippen LogP contribution in [-0.2, 0) is 9.59 Å². The molecular weight excluding hydrogens is 342 g/mol. The van der Waals surface area contributed by atoms with E-state index >= 15 is 0 Å². The van der Waals surface area contributed by atoms with Crippen molar-refractivity contribution in [2.24, 2.45) is 17.3 Å². The largest absolute Gasteiger partial charge is 0.310 e. The minimum atomic E-state index is -0.384. The number of thioether (sulfide) groups is 1. The Morgan fingerprint density at radius 3 is 2.19 bits per heavy atom. The van der Waals surface area contributed by atoms with E-state index in [0.29, 0.717) is 18.8 Å². The predicted molar refractivity (Wildman–Crippen MR) is 113 cm³/mol. The third kappa shape index (κ3) is 5.61. The fraction of sp³-hybridized carbons (Fsp3) is 0.818. The van der Waals surface area contributed by atoms with Gasteiger partial charge < -0.3 is 9.69 Å². The van der Waals surface area contributed by atoms with Gasteiger partial charge in [0, 0.05) is 28.3 Å². The molecule has 2 unspecified atom stereocenters. The first-order chi connectivity index (χ1) is 11.6. The molecule has 0 aromatic carbocycles. The molecule has 1 saturated heterocycles. The number of hydrogen-bond donors (Lipinski definition) is 0. The van der Waals surface area contributed by atoms with E-state index in [1.54, 1.807) is 0 Å². The Balaban J connectivity index is 2.90. The molecule has 150 valence electrons. The van der Waals surface area contributed by atoms with E-state index in [0.717, 1.165) is 18.4 Å². The predicted octanol–water partition coefficient (Wildman–Crippen LogP) is 5.69. The molecule has 0 spiro atoms. The van der Waals surface area contributed by atoms with Crippen molar-refractivity contribution in [1.29, 1.82) is 0 Å². The molecule has 0 aliphatic carbocycles. The molecule has 1 heterocycles. The van der Waals surface area contributed by atoms with Gasteiger partial charge in [0.05, 0.1) is 5.25 Å². The molecule has 1 fully saturated rings. The van der Waals surface area contributed by atoms with Crippen molar-refractivity contribution in [1.82, 2.24) is 4.90 Å². The number of carbonyl (C=O) groups excluding carboxylic acids is 2. The zero-order valence-corrected chi connectivity index (χ0v) is 19.1. The lowest BCUT2D eigenvalue weighted by Gasteiger charge is -2.40. The van der Waals surface area contributed by atoms with Crippen molar-refractivity contribution in [3.8, 4) is 0 Å². The van der Waals surface area contributed by atoms with Crippen LogP contribution in [0.5, 0.6) is 0 Å². The van der Waals surface area contributed by atoms with Gasteiger partial charge in [0.25, 0.3) is 0 Å². The lowest BCUT2D eigenvalue weighted by Crippen LogP contribution is -2.45. The normalized spacial score (nSPS) is 20.8. The zero-order chi connectivity index (χ0) is 20.5. The van der Waals surface area contributed by atoms with E-state index in [4.69, 9.17) is 0 Å². The van der Waals surface area contributed by atoms with Crippen LogP contribution in [0.3, 0.4) is 0 Å². The van der Waals surface area contributed by atoms with Gasteiger partial charge in [-0.25, -0.2) is 0 Å². The fourth-order valence-corrected chi connectivity index (χ4v) is 5.86. The van der Waals surface area contributed by atoms with E-state index in [9.17, 15) is 9.59 Å². The summed E-state index contributed by atoms with van der Waals surface area (Å²) in [5.41, 5.74) is 0.766. The van der Waals surface area contributed by atoms with Gasteiger partial charge in [0.15, 0.2) is 0 Å². The lowest BCUT2D eigenvalue weighted by atomic mass is 9.75. The van der Waals surface area contributed by atoms with E-state index in [1.807, 2.05) is 37.4 Å². The van der Waals surface area contributed by atoms with Crippen molar-refractivity contribution in [2.75, 3.05) is 0 Å². The molecule has 1 aliphatic rings. The number of amides is 1. The van der Waals surface area contributed by atoms with Crippen LogP contribution >= 0.6 is 11.8 Å². The SMILES string of the molecule is C=C1C(SC(C)(C)CC(C)(C)C(C)C)CC(=O)N1C(C)(C)CC(C)C=O. The van der Waals surface area contributed by atoms with Gasteiger partial charge in [0.1, 0.15) is 6.29 Å². The quantitative estimate of drug-likeness (QED) is 0.482. The molecule has 0 aromatic heterocycles. The Morgan fingerprint density at radius 2 is 1.73 bits per heavy atom. The molecule has 0 saturated carbocycles. The molecule has 1 rings (SSSR count). The van der Waals surface area contributed by atoms with Crippen LogP contribution in [0.25, 0.3) is 0 Å². The number of aldehydes is 1. The molecule has 2 atom stereocenters. The highest BCUT2D eigenvalue weighted by atomic mass is 32.2. The Labute approximate surface area is 165 Å². The molecule has 4 heteroatoms. The van der Waals surface area contributed by atoms with Crippen LogP contribution in [0.1, 0.15) is 81.6 Å². The Kier molecular flexibility index (Phi) is 7.23. The summed E-state index contributed by atoms with van der Waals surface area (Å²) in [6.07, 6.45) is 3.22. The summed E-state index contributed by atoms with van der Waals surface area (Å²) in [6, 6.07) is 0. The summed E-state index contributed by atoms with van der Waals surface area (Å²) < 4.78 is 0.0674. The van der Waals surface area contributed by atoms with Crippen molar-refractivity contribution < 1.29 is 9.59 Å².